The molecule has 0 saturated heterocycles. The van der Waals surface area contributed by atoms with E-state index < -0.39 is 0 Å². The van der Waals surface area contributed by atoms with Gasteiger partial charge < -0.3 is 14.8 Å². The van der Waals surface area contributed by atoms with Crippen molar-refractivity contribution in [3.8, 4) is 11.5 Å². The second-order valence-electron chi connectivity index (χ2n) is 4.28. The average molecular weight is 419 g/mol. The van der Waals surface area contributed by atoms with E-state index in [4.69, 9.17) is 9.47 Å². The van der Waals surface area contributed by atoms with Crippen molar-refractivity contribution in [1.82, 2.24) is 0 Å². The Balaban J connectivity index is 2.21. The minimum atomic E-state index is -0.285. The molecule has 21 heavy (non-hydrogen) atoms. The standard InChI is InChI=1S/C15H14Br2FNO2/c1-20-14-5-9(12(17)7-15(14)21-2)8-19-13-6-10(18)3-4-11(13)16/h3-7,19H,8H2,1-2H3. The molecule has 0 unspecified atom stereocenters. The van der Waals surface area contributed by atoms with Gasteiger partial charge in [-0.25, -0.2) is 4.39 Å². The SMILES string of the molecule is COc1cc(Br)c(CNc2cc(F)ccc2Br)cc1OC. The molecule has 0 aliphatic rings. The van der Waals surface area contributed by atoms with E-state index in [1.54, 1.807) is 20.3 Å². The molecule has 0 atom stereocenters. The second-order valence-corrected chi connectivity index (χ2v) is 5.98. The van der Waals surface area contributed by atoms with Gasteiger partial charge in [-0.15, -0.1) is 0 Å². The Morgan fingerprint density at radius 2 is 1.67 bits per heavy atom. The fraction of sp³-hybridized carbons (Fsp3) is 0.200. The Morgan fingerprint density at radius 1 is 1.00 bits per heavy atom. The van der Waals surface area contributed by atoms with Crippen molar-refractivity contribution < 1.29 is 13.9 Å². The molecule has 1 N–H and O–H groups in total. The predicted octanol–water partition coefficient (Wildman–Crippen LogP) is 4.98. The van der Waals surface area contributed by atoms with Gasteiger partial charge in [0.25, 0.3) is 0 Å². The van der Waals surface area contributed by atoms with E-state index in [-0.39, 0.29) is 5.82 Å². The summed E-state index contributed by atoms with van der Waals surface area (Å²) in [5.41, 5.74) is 1.67. The van der Waals surface area contributed by atoms with Gasteiger partial charge in [-0.1, -0.05) is 15.9 Å². The van der Waals surface area contributed by atoms with Crippen molar-refractivity contribution in [3.05, 3.63) is 50.7 Å². The highest BCUT2D eigenvalue weighted by molar-refractivity contribution is 9.11. The topological polar surface area (TPSA) is 30.5 Å². The lowest BCUT2D eigenvalue weighted by Crippen LogP contribution is -2.02. The fourth-order valence-corrected chi connectivity index (χ4v) is 2.70. The Morgan fingerprint density at radius 3 is 2.33 bits per heavy atom. The van der Waals surface area contributed by atoms with Crippen LogP contribution in [0.1, 0.15) is 5.56 Å². The predicted molar refractivity (Wildman–Crippen MR) is 88.7 cm³/mol. The van der Waals surface area contributed by atoms with Crippen molar-refractivity contribution in [2.45, 2.75) is 6.54 Å². The first-order valence-corrected chi connectivity index (χ1v) is 7.73. The third-order valence-corrected chi connectivity index (χ3v) is 4.38. The summed E-state index contributed by atoms with van der Waals surface area (Å²) in [5.74, 6) is 1.02. The first kappa shape index (κ1) is 16.1. The molecule has 0 amide bonds. The molecule has 0 radical (unpaired) electrons. The largest absolute Gasteiger partial charge is 0.493 e. The smallest absolute Gasteiger partial charge is 0.161 e. The number of rotatable bonds is 5. The van der Waals surface area contributed by atoms with E-state index in [0.717, 1.165) is 14.5 Å². The number of nitrogens with one attached hydrogen (secondary N) is 1. The molecule has 0 saturated carbocycles. The number of hydrogen-bond donors (Lipinski definition) is 1. The Kier molecular flexibility index (Phi) is 5.47. The quantitative estimate of drug-likeness (QED) is 0.742. The Labute approximate surface area is 139 Å². The first-order valence-electron chi connectivity index (χ1n) is 6.14. The lowest BCUT2D eigenvalue weighted by atomic mass is 10.2. The summed E-state index contributed by atoms with van der Waals surface area (Å²) >= 11 is 6.88. The summed E-state index contributed by atoms with van der Waals surface area (Å²) in [7, 11) is 3.18. The average Bonchev–Trinajstić information content (AvgIpc) is 2.48. The van der Waals surface area contributed by atoms with Crippen LogP contribution in [0.25, 0.3) is 0 Å². The Bertz CT molecular complexity index is 650. The van der Waals surface area contributed by atoms with Crippen LogP contribution >= 0.6 is 31.9 Å². The van der Waals surface area contributed by atoms with E-state index in [0.29, 0.717) is 23.7 Å². The highest BCUT2D eigenvalue weighted by Crippen LogP contribution is 2.34. The third-order valence-electron chi connectivity index (χ3n) is 2.95. The van der Waals surface area contributed by atoms with Gasteiger partial charge in [0.2, 0.25) is 0 Å². The molecule has 0 aromatic heterocycles. The molecular weight excluding hydrogens is 405 g/mol. The van der Waals surface area contributed by atoms with Crippen LogP contribution in [0.4, 0.5) is 10.1 Å². The molecule has 0 aliphatic carbocycles. The first-order chi connectivity index (χ1) is 10.0. The van der Waals surface area contributed by atoms with Crippen LogP contribution in [-0.4, -0.2) is 14.2 Å². The number of methoxy groups -OCH3 is 2. The second kappa shape index (κ2) is 7.13. The van der Waals surface area contributed by atoms with Crippen LogP contribution in [-0.2, 0) is 6.54 Å². The number of ether oxygens (including phenoxy) is 2. The van der Waals surface area contributed by atoms with E-state index >= 15 is 0 Å². The molecule has 0 aliphatic heterocycles. The molecule has 2 aromatic carbocycles. The highest BCUT2D eigenvalue weighted by atomic mass is 79.9. The molecule has 6 heteroatoms. The van der Waals surface area contributed by atoms with Crippen LogP contribution in [0, 0.1) is 5.82 Å². The molecule has 112 valence electrons. The van der Waals surface area contributed by atoms with E-state index in [2.05, 4.69) is 37.2 Å². The summed E-state index contributed by atoms with van der Waals surface area (Å²) < 4.78 is 25.5. The van der Waals surface area contributed by atoms with Crippen LogP contribution in [0.2, 0.25) is 0 Å². The zero-order valence-corrected chi connectivity index (χ0v) is 14.7. The van der Waals surface area contributed by atoms with E-state index in [1.807, 2.05) is 12.1 Å². The summed E-state index contributed by atoms with van der Waals surface area (Å²) in [4.78, 5) is 0. The third kappa shape index (κ3) is 3.89. The normalized spacial score (nSPS) is 10.3. The summed E-state index contributed by atoms with van der Waals surface area (Å²) in [6, 6.07) is 8.24. The summed E-state index contributed by atoms with van der Waals surface area (Å²) in [6.07, 6.45) is 0. The maximum absolute atomic E-state index is 13.3. The molecule has 3 nitrogen and oxygen atoms in total. The lowest BCUT2D eigenvalue weighted by molar-refractivity contribution is 0.354. The van der Waals surface area contributed by atoms with Gasteiger partial charge in [-0.3, -0.25) is 0 Å². The highest BCUT2D eigenvalue weighted by Gasteiger charge is 2.10. The molecule has 0 heterocycles. The van der Waals surface area contributed by atoms with Gasteiger partial charge in [-0.2, -0.15) is 0 Å². The van der Waals surface area contributed by atoms with Crippen molar-refractivity contribution in [3.63, 3.8) is 0 Å². The van der Waals surface area contributed by atoms with Crippen molar-refractivity contribution >= 4 is 37.5 Å². The van der Waals surface area contributed by atoms with Gasteiger partial charge in [0.15, 0.2) is 11.5 Å². The zero-order chi connectivity index (χ0) is 15.4. The van der Waals surface area contributed by atoms with Gasteiger partial charge in [0, 0.05) is 15.5 Å². The van der Waals surface area contributed by atoms with Crippen LogP contribution < -0.4 is 14.8 Å². The van der Waals surface area contributed by atoms with Gasteiger partial charge in [0.05, 0.1) is 19.9 Å². The summed E-state index contributed by atoms with van der Waals surface area (Å²) in [5, 5.41) is 3.19. The van der Waals surface area contributed by atoms with Crippen LogP contribution in [0.5, 0.6) is 11.5 Å². The molecule has 2 rings (SSSR count). The molecule has 2 aromatic rings. The minimum Gasteiger partial charge on any atom is -0.493 e. The molecule has 0 bridgehead atoms. The van der Waals surface area contributed by atoms with Crippen LogP contribution in [0.15, 0.2) is 39.3 Å². The number of hydrogen-bond acceptors (Lipinski definition) is 3. The molecular formula is C15H14Br2FNO2. The monoisotopic (exact) mass is 417 g/mol. The Hall–Kier alpha value is -1.27. The van der Waals surface area contributed by atoms with Gasteiger partial charge in [0.1, 0.15) is 5.82 Å². The van der Waals surface area contributed by atoms with Crippen molar-refractivity contribution in [2.24, 2.45) is 0 Å². The molecule has 0 spiro atoms. The van der Waals surface area contributed by atoms with Crippen LogP contribution in [0.3, 0.4) is 0 Å². The minimum absolute atomic E-state index is 0.285. The van der Waals surface area contributed by atoms with Crippen molar-refractivity contribution in [2.75, 3.05) is 19.5 Å². The zero-order valence-electron chi connectivity index (χ0n) is 11.5. The van der Waals surface area contributed by atoms with E-state index in [1.165, 1.54) is 12.1 Å². The number of anilines is 1. The maximum Gasteiger partial charge on any atom is 0.161 e. The number of halogens is 3. The van der Waals surface area contributed by atoms with Gasteiger partial charge in [-0.05, 0) is 51.8 Å². The van der Waals surface area contributed by atoms with Gasteiger partial charge >= 0.3 is 0 Å². The molecule has 0 fully saturated rings. The lowest BCUT2D eigenvalue weighted by Gasteiger charge is -2.14. The maximum atomic E-state index is 13.3. The number of benzene rings is 2. The van der Waals surface area contributed by atoms with Crippen molar-refractivity contribution in [1.29, 1.82) is 0 Å². The fourth-order valence-electron chi connectivity index (χ4n) is 1.86. The van der Waals surface area contributed by atoms with E-state index in [9.17, 15) is 4.39 Å². The summed E-state index contributed by atoms with van der Waals surface area (Å²) in [6.45, 7) is 0.517.